The summed E-state index contributed by atoms with van der Waals surface area (Å²) < 4.78 is 27.0. The van der Waals surface area contributed by atoms with E-state index >= 15 is 0 Å². The van der Waals surface area contributed by atoms with E-state index in [1.807, 2.05) is 29.0 Å². The van der Waals surface area contributed by atoms with E-state index in [4.69, 9.17) is 11.6 Å². The molecular weight excluding hydrogens is 398 g/mol. The molecule has 2 N–H and O–H groups in total. The Morgan fingerprint density at radius 3 is 2.54 bits per heavy atom. The standard InChI is InChI=1S/C20H20ClN3O3S/c1-12(2)14-7-6-8-15(11-14)19-22-13(3)18(23-19)20(25)24-28(26,27)17-10-5-4-9-16(17)21/h4-12H,1-3H3,(H,22,23)(H,24,25). The van der Waals surface area contributed by atoms with Crippen molar-refractivity contribution in [2.24, 2.45) is 0 Å². The van der Waals surface area contributed by atoms with Crippen LogP contribution in [0.3, 0.4) is 0 Å². The Labute approximate surface area is 169 Å². The molecule has 28 heavy (non-hydrogen) atoms. The van der Waals surface area contributed by atoms with Crippen molar-refractivity contribution < 1.29 is 13.2 Å². The Balaban J connectivity index is 1.90. The van der Waals surface area contributed by atoms with Gasteiger partial charge < -0.3 is 4.98 Å². The highest BCUT2D eigenvalue weighted by Gasteiger charge is 2.24. The second-order valence-electron chi connectivity index (χ2n) is 6.70. The van der Waals surface area contributed by atoms with Crippen molar-refractivity contribution >= 4 is 27.5 Å². The minimum atomic E-state index is -4.11. The first-order valence-electron chi connectivity index (χ1n) is 8.67. The molecule has 1 amide bonds. The van der Waals surface area contributed by atoms with E-state index in [9.17, 15) is 13.2 Å². The molecule has 146 valence electrons. The number of nitrogens with zero attached hydrogens (tertiary/aromatic N) is 1. The number of hydrogen-bond donors (Lipinski definition) is 2. The molecule has 0 aliphatic heterocycles. The van der Waals surface area contributed by atoms with Crippen LogP contribution in [0, 0.1) is 6.92 Å². The van der Waals surface area contributed by atoms with E-state index in [1.165, 1.54) is 18.2 Å². The van der Waals surface area contributed by atoms with E-state index in [-0.39, 0.29) is 15.6 Å². The van der Waals surface area contributed by atoms with Gasteiger partial charge in [0, 0.05) is 11.3 Å². The summed E-state index contributed by atoms with van der Waals surface area (Å²) in [5, 5.41) is 0.0349. The number of H-pyrrole nitrogens is 1. The number of imidazole rings is 1. The minimum Gasteiger partial charge on any atom is -0.341 e. The number of benzene rings is 2. The molecule has 3 aromatic rings. The summed E-state index contributed by atoms with van der Waals surface area (Å²) in [5.41, 5.74) is 2.44. The lowest BCUT2D eigenvalue weighted by atomic mass is 10.0. The largest absolute Gasteiger partial charge is 0.341 e. The Bertz CT molecular complexity index is 1140. The Hall–Kier alpha value is -2.64. The van der Waals surface area contributed by atoms with Crippen molar-refractivity contribution in [3.63, 3.8) is 0 Å². The highest BCUT2D eigenvalue weighted by atomic mass is 35.5. The number of aromatic amines is 1. The molecule has 6 nitrogen and oxygen atoms in total. The third kappa shape index (κ3) is 4.10. The number of carbonyl (C=O) groups is 1. The smallest absolute Gasteiger partial charge is 0.285 e. The van der Waals surface area contributed by atoms with Gasteiger partial charge in [-0.15, -0.1) is 0 Å². The highest BCUT2D eigenvalue weighted by Crippen LogP contribution is 2.24. The van der Waals surface area contributed by atoms with Crippen LogP contribution >= 0.6 is 11.6 Å². The average molecular weight is 418 g/mol. The monoisotopic (exact) mass is 417 g/mol. The summed E-state index contributed by atoms with van der Waals surface area (Å²) in [5.74, 6) is 0.0276. The van der Waals surface area contributed by atoms with Crippen molar-refractivity contribution in [1.82, 2.24) is 14.7 Å². The van der Waals surface area contributed by atoms with Crippen molar-refractivity contribution in [1.29, 1.82) is 0 Å². The molecule has 0 aliphatic rings. The van der Waals surface area contributed by atoms with Gasteiger partial charge in [0.15, 0.2) is 5.69 Å². The first-order valence-corrected chi connectivity index (χ1v) is 10.5. The second kappa shape index (κ2) is 7.77. The highest BCUT2D eigenvalue weighted by molar-refractivity contribution is 7.90. The molecular formula is C20H20ClN3O3S. The molecule has 8 heteroatoms. The fraction of sp³-hybridized carbons (Fsp3) is 0.200. The maximum absolute atomic E-state index is 12.6. The Morgan fingerprint density at radius 1 is 1.14 bits per heavy atom. The van der Waals surface area contributed by atoms with Crippen molar-refractivity contribution in [2.75, 3.05) is 0 Å². The maximum atomic E-state index is 12.6. The lowest BCUT2D eigenvalue weighted by Gasteiger charge is -2.07. The number of sulfonamides is 1. The van der Waals surface area contributed by atoms with E-state index in [2.05, 4.69) is 23.8 Å². The van der Waals surface area contributed by atoms with Gasteiger partial charge in [-0.25, -0.2) is 18.1 Å². The Kier molecular flexibility index (Phi) is 5.58. The van der Waals surface area contributed by atoms with Crippen LogP contribution in [-0.4, -0.2) is 24.3 Å². The average Bonchev–Trinajstić information content (AvgIpc) is 3.03. The van der Waals surface area contributed by atoms with Gasteiger partial charge in [0.1, 0.15) is 10.7 Å². The summed E-state index contributed by atoms with van der Waals surface area (Å²) in [6.45, 7) is 5.84. The molecule has 0 aliphatic carbocycles. The molecule has 2 aromatic carbocycles. The molecule has 3 rings (SSSR count). The van der Waals surface area contributed by atoms with Crippen LogP contribution in [0.25, 0.3) is 11.4 Å². The lowest BCUT2D eigenvalue weighted by Crippen LogP contribution is -2.31. The number of aryl methyl sites for hydroxylation is 1. The van der Waals surface area contributed by atoms with Gasteiger partial charge in [0.25, 0.3) is 15.9 Å². The predicted octanol–water partition coefficient (Wildman–Crippen LogP) is 4.28. The van der Waals surface area contributed by atoms with Gasteiger partial charge in [-0.1, -0.05) is 55.8 Å². The first kappa shape index (κ1) is 20.1. The van der Waals surface area contributed by atoms with Crippen LogP contribution < -0.4 is 4.72 Å². The molecule has 0 saturated heterocycles. The topological polar surface area (TPSA) is 91.9 Å². The zero-order valence-electron chi connectivity index (χ0n) is 15.7. The zero-order valence-corrected chi connectivity index (χ0v) is 17.2. The molecule has 0 saturated carbocycles. The zero-order chi connectivity index (χ0) is 20.5. The summed E-state index contributed by atoms with van der Waals surface area (Å²) >= 11 is 5.94. The third-order valence-electron chi connectivity index (χ3n) is 4.28. The van der Waals surface area contributed by atoms with E-state index in [0.717, 1.165) is 11.1 Å². The van der Waals surface area contributed by atoms with Gasteiger partial charge >= 0.3 is 0 Å². The van der Waals surface area contributed by atoms with Crippen molar-refractivity contribution in [3.05, 3.63) is 70.5 Å². The lowest BCUT2D eigenvalue weighted by molar-refractivity contribution is 0.0976. The van der Waals surface area contributed by atoms with Gasteiger partial charge in [0.2, 0.25) is 0 Å². The van der Waals surface area contributed by atoms with Crippen LogP contribution in [-0.2, 0) is 10.0 Å². The van der Waals surface area contributed by atoms with E-state index in [1.54, 1.807) is 13.0 Å². The molecule has 0 bridgehead atoms. The summed E-state index contributed by atoms with van der Waals surface area (Å²) in [4.78, 5) is 19.8. The minimum absolute atomic E-state index is 0.0144. The maximum Gasteiger partial charge on any atom is 0.285 e. The number of halogens is 1. The predicted molar refractivity (Wildman–Crippen MR) is 109 cm³/mol. The fourth-order valence-electron chi connectivity index (χ4n) is 2.75. The quantitative estimate of drug-likeness (QED) is 0.648. The van der Waals surface area contributed by atoms with E-state index in [0.29, 0.717) is 17.4 Å². The Morgan fingerprint density at radius 2 is 1.86 bits per heavy atom. The number of aromatic nitrogens is 2. The third-order valence-corrected chi connectivity index (χ3v) is 6.11. The van der Waals surface area contributed by atoms with Gasteiger partial charge in [-0.05, 0) is 36.6 Å². The van der Waals surface area contributed by atoms with Gasteiger partial charge in [-0.2, -0.15) is 0 Å². The molecule has 0 atom stereocenters. The summed E-state index contributed by atoms with van der Waals surface area (Å²) in [6.07, 6.45) is 0. The molecule has 1 heterocycles. The van der Waals surface area contributed by atoms with Gasteiger partial charge in [-0.3, -0.25) is 4.79 Å². The molecule has 1 aromatic heterocycles. The second-order valence-corrected chi connectivity index (χ2v) is 8.76. The van der Waals surface area contributed by atoms with Crippen LogP contribution in [0.1, 0.15) is 41.5 Å². The SMILES string of the molecule is Cc1[nH]c(-c2cccc(C(C)C)c2)nc1C(=O)NS(=O)(=O)c1ccccc1Cl. The molecule has 0 radical (unpaired) electrons. The molecule has 0 unspecified atom stereocenters. The normalized spacial score (nSPS) is 11.6. The fourth-order valence-corrected chi connectivity index (χ4v) is 4.22. The van der Waals surface area contributed by atoms with Crippen LogP contribution in [0.2, 0.25) is 5.02 Å². The first-order chi connectivity index (χ1) is 13.2. The van der Waals surface area contributed by atoms with E-state index < -0.39 is 15.9 Å². The molecule has 0 fully saturated rings. The van der Waals surface area contributed by atoms with Crippen LogP contribution in [0.4, 0.5) is 0 Å². The number of carbonyl (C=O) groups excluding carboxylic acids is 1. The van der Waals surface area contributed by atoms with Crippen molar-refractivity contribution in [3.8, 4) is 11.4 Å². The number of rotatable bonds is 5. The van der Waals surface area contributed by atoms with Crippen molar-refractivity contribution in [2.45, 2.75) is 31.6 Å². The van der Waals surface area contributed by atoms with Gasteiger partial charge in [0.05, 0.1) is 5.02 Å². The number of hydrogen-bond acceptors (Lipinski definition) is 4. The molecule has 0 spiro atoms. The summed E-state index contributed by atoms with van der Waals surface area (Å²) in [6, 6.07) is 13.7. The number of amides is 1. The van der Waals surface area contributed by atoms with Crippen LogP contribution in [0.5, 0.6) is 0 Å². The summed E-state index contributed by atoms with van der Waals surface area (Å²) in [7, 11) is -4.11. The number of nitrogens with one attached hydrogen (secondary N) is 2. The van der Waals surface area contributed by atoms with Crippen LogP contribution in [0.15, 0.2) is 53.4 Å².